The van der Waals surface area contributed by atoms with Gasteiger partial charge in [-0.2, -0.15) is 5.10 Å². The van der Waals surface area contributed by atoms with Crippen molar-refractivity contribution in [2.45, 2.75) is 51.9 Å². The number of nitrogens with two attached hydrogens (primary N) is 1. The third-order valence-electron chi connectivity index (χ3n) is 8.07. The summed E-state index contributed by atoms with van der Waals surface area (Å²) in [6, 6.07) is 5.54. The molecule has 40 heavy (non-hydrogen) atoms. The minimum Gasteiger partial charge on any atom is -0.368 e. The zero-order valence-electron chi connectivity index (χ0n) is 22.7. The summed E-state index contributed by atoms with van der Waals surface area (Å²) >= 11 is 0. The van der Waals surface area contributed by atoms with Gasteiger partial charge in [0.25, 0.3) is 0 Å². The van der Waals surface area contributed by atoms with E-state index in [1.54, 1.807) is 30.9 Å². The van der Waals surface area contributed by atoms with Crippen molar-refractivity contribution in [2.24, 2.45) is 11.1 Å². The van der Waals surface area contributed by atoms with Crippen molar-refractivity contribution < 1.29 is 13.6 Å². The highest BCUT2D eigenvalue weighted by atomic mass is 19.1. The number of fused-ring (bicyclic) bond motifs is 1. The number of carbonyl (C=O) groups is 1. The number of aromatic nitrogens is 6. The predicted octanol–water partition coefficient (Wildman–Crippen LogP) is 4.80. The van der Waals surface area contributed by atoms with E-state index in [0.717, 1.165) is 18.4 Å². The molecule has 5 rings (SSSR count). The Kier molecular flexibility index (Phi) is 6.99. The van der Waals surface area contributed by atoms with E-state index >= 15 is 0 Å². The Morgan fingerprint density at radius 1 is 1.05 bits per heavy atom. The third kappa shape index (κ3) is 4.65. The lowest BCUT2D eigenvalue weighted by Crippen LogP contribution is -2.47. The molecule has 1 amide bonds. The number of anilines is 1. The molecule has 0 spiro atoms. The summed E-state index contributed by atoms with van der Waals surface area (Å²) in [5.41, 5.74) is 7.61. The molecule has 9 nitrogen and oxygen atoms in total. The molecule has 206 valence electrons. The Morgan fingerprint density at radius 2 is 1.75 bits per heavy atom. The second-order valence-corrected chi connectivity index (χ2v) is 10.9. The quantitative estimate of drug-likeness (QED) is 0.339. The maximum Gasteiger partial charge on any atom is 0.236 e. The maximum absolute atomic E-state index is 14.6. The second kappa shape index (κ2) is 10.3. The SMILES string of the molecule is CC[C@@H]1CC(C)(C)[C@@](C)(c2cncc(-c3cnc(NCC(N)=O)nc3)n2)c2nnc(-c3c(F)cccc3F)cc21. The van der Waals surface area contributed by atoms with E-state index in [4.69, 9.17) is 10.7 Å². The van der Waals surface area contributed by atoms with Crippen molar-refractivity contribution in [2.75, 3.05) is 11.9 Å². The van der Waals surface area contributed by atoms with Crippen LogP contribution in [0.5, 0.6) is 0 Å². The summed E-state index contributed by atoms with van der Waals surface area (Å²) in [5.74, 6) is -1.50. The van der Waals surface area contributed by atoms with Crippen molar-refractivity contribution >= 4 is 11.9 Å². The van der Waals surface area contributed by atoms with Crippen LogP contribution in [-0.2, 0) is 10.2 Å². The molecule has 11 heteroatoms. The summed E-state index contributed by atoms with van der Waals surface area (Å²) in [6.07, 6.45) is 8.16. The molecule has 0 saturated carbocycles. The van der Waals surface area contributed by atoms with Crippen LogP contribution >= 0.6 is 0 Å². The van der Waals surface area contributed by atoms with Crippen molar-refractivity contribution in [3.8, 4) is 22.5 Å². The first kappa shape index (κ1) is 27.2. The average Bonchev–Trinajstić information content (AvgIpc) is 2.94. The number of halogens is 2. The van der Waals surface area contributed by atoms with Gasteiger partial charge in [0.1, 0.15) is 11.6 Å². The van der Waals surface area contributed by atoms with Crippen LogP contribution in [0.25, 0.3) is 22.5 Å². The van der Waals surface area contributed by atoms with E-state index in [0.29, 0.717) is 22.6 Å². The van der Waals surface area contributed by atoms with Gasteiger partial charge in [-0.05, 0) is 54.9 Å². The van der Waals surface area contributed by atoms with Crippen LogP contribution in [0.2, 0.25) is 0 Å². The molecule has 3 aromatic heterocycles. The first-order chi connectivity index (χ1) is 19.0. The second-order valence-electron chi connectivity index (χ2n) is 10.9. The summed E-state index contributed by atoms with van der Waals surface area (Å²) in [7, 11) is 0. The number of nitrogens with zero attached hydrogens (tertiary/aromatic N) is 6. The van der Waals surface area contributed by atoms with Crippen LogP contribution < -0.4 is 11.1 Å². The molecule has 0 radical (unpaired) electrons. The number of hydrogen-bond donors (Lipinski definition) is 2. The van der Waals surface area contributed by atoms with Gasteiger partial charge in [0.05, 0.1) is 46.5 Å². The van der Waals surface area contributed by atoms with E-state index in [1.807, 2.05) is 0 Å². The van der Waals surface area contributed by atoms with Gasteiger partial charge in [0, 0.05) is 24.2 Å². The molecule has 1 aliphatic rings. The molecule has 1 aromatic carbocycles. The van der Waals surface area contributed by atoms with Crippen LogP contribution in [0.15, 0.2) is 49.1 Å². The predicted molar refractivity (Wildman–Crippen MR) is 146 cm³/mol. The minimum atomic E-state index is -0.722. The van der Waals surface area contributed by atoms with Gasteiger partial charge in [-0.15, -0.1) is 5.10 Å². The molecule has 0 aliphatic heterocycles. The van der Waals surface area contributed by atoms with Gasteiger partial charge in [0.15, 0.2) is 0 Å². The molecule has 0 bridgehead atoms. The number of amides is 1. The lowest BCUT2D eigenvalue weighted by molar-refractivity contribution is -0.116. The lowest BCUT2D eigenvalue weighted by Gasteiger charge is -2.50. The molecular formula is C29H30F2N8O. The first-order valence-electron chi connectivity index (χ1n) is 13.0. The van der Waals surface area contributed by atoms with Crippen LogP contribution in [0.3, 0.4) is 0 Å². The molecule has 0 saturated heterocycles. The van der Waals surface area contributed by atoms with Crippen molar-refractivity contribution in [3.05, 3.63) is 77.6 Å². The molecule has 1 aliphatic carbocycles. The van der Waals surface area contributed by atoms with Gasteiger partial charge in [-0.25, -0.2) is 23.7 Å². The van der Waals surface area contributed by atoms with E-state index in [9.17, 15) is 13.6 Å². The highest BCUT2D eigenvalue weighted by Gasteiger charge is 2.52. The normalized spacial score (nSPS) is 19.6. The fourth-order valence-electron chi connectivity index (χ4n) is 5.52. The average molecular weight is 545 g/mol. The van der Waals surface area contributed by atoms with Crippen LogP contribution in [0.4, 0.5) is 14.7 Å². The van der Waals surface area contributed by atoms with Gasteiger partial charge >= 0.3 is 0 Å². The largest absolute Gasteiger partial charge is 0.368 e. The fraction of sp³-hybridized carbons (Fsp3) is 0.345. The van der Waals surface area contributed by atoms with Gasteiger partial charge in [-0.3, -0.25) is 9.78 Å². The van der Waals surface area contributed by atoms with E-state index in [-0.39, 0.29) is 35.1 Å². The van der Waals surface area contributed by atoms with Crippen molar-refractivity contribution in [3.63, 3.8) is 0 Å². The molecule has 3 N–H and O–H groups in total. The van der Waals surface area contributed by atoms with Crippen LogP contribution in [-0.4, -0.2) is 42.6 Å². The van der Waals surface area contributed by atoms with Crippen LogP contribution in [0.1, 0.15) is 63.4 Å². The highest BCUT2D eigenvalue weighted by molar-refractivity contribution is 5.78. The fourth-order valence-corrected chi connectivity index (χ4v) is 5.52. The third-order valence-corrected chi connectivity index (χ3v) is 8.07. The monoisotopic (exact) mass is 544 g/mol. The van der Waals surface area contributed by atoms with Crippen LogP contribution in [0, 0.1) is 17.0 Å². The van der Waals surface area contributed by atoms with Gasteiger partial charge in [0.2, 0.25) is 11.9 Å². The van der Waals surface area contributed by atoms with E-state index in [1.165, 1.54) is 18.2 Å². The molecule has 4 aromatic rings. The molecule has 2 atom stereocenters. The molecule has 0 unspecified atom stereocenters. The zero-order valence-corrected chi connectivity index (χ0v) is 22.7. The standard InChI is InChI=1S/C29H30F2N8O/c1-5-16-10-28(2,3)29(4,26-18(16)9-21(38-39-26)25-19(30)7-6-8-20(25)31)23-14-33-13-22(37-23)17-11-34-27(35-12-17)36-15-24(32)40/h6-9,11-14,16H,5,10,15H2,1-4H3,(H2,32,40)(H,34,35,36)/t16-,29+/m1/s1. The molecular weight excluding hydrogens is 514 g/mol. The smallest absolute Gasteiger partial charge is 0.236 e. The van der Waals surface area contributed by atoms with Crippen molar-refractivity contribution in [1.29, 1.82) is 0 Å². The lowest BCUT2D eigenvalue weighted by atomic mass is 9.54. The molecule has 3 heterocycles. The minimum absolute atomic E-state index is 0.0768. The number of carbonyl (C=O) groups excluding carboxylic acids is 1. The summed E-state index contributed by atoms with van der Waals surface area (Å²) in [6.45, 7) is 8.42. The number of hydrogen-bond acceptors (Lipinski definition) is 8. The summed E-state index contributed by atoms with van der Waals surface area (Å²) in [5, 5.41) is 11.7. The van der Waals surface area contributed by atoms with E-state index in [2.05, 4.69) is 58.2 Å². The summed E-state index contributed by atoms with van der Waals surface area (Å²) in [4.78, 5) is 29.0. The number of benzene rings is 1. The van der Waals surface area contributed by atoms with Gasteiger partial charge < -0.3 is 11.1 Å². The topological polar surface area (TPSA) is 132 Å². The Bertz CT molecular complexity index is 1560. The Hall–Kier alpha value is -4.41. The van der Waals surface area contributed by atoms with Crippen molar-refractivity contribution in [1.82, 2.24) is 30.1 Å². The Labute approximate surface area is 230 Å². The number of primary amides is 1. The van der Waals surface area contributed by atoms with E-state index < -0.39 is 23.0 Å². The zero-order chi connectivity index (χ0) is 28.7. The number of rotatable bonds is 7. The first-order valence-corrected chi connectivity index (χ1v) is 13.0. The highest BCUT2D eigenvalue weighted by Crippen LogP contribution is 2.56. The Morgan fingerprint density at radius 3 is 2.40 bits per heavy atom. The number of nitrogens with one attached hydrogen (secondary N) is 1. The Balaban J connectivity index is 1.60. The van der Waals surface area contributed by atoms with Gasteiger partial charge in [-0.1, -0.05) is 26.8 Å². The molecule has 0 fully saturated rings. The maximum atomic E-state index is 14.6. The summed E-state index contributed by atoms with van der Waals surface area (Å²) < 4.78 is 29.3.